The van der Waals surface area contributed by atoms with Crippen LogP contribution in [0.15, 0.2) is 55.1 Å². The van der Waals surface area contributed by atoms with Gasteiger partial charge in [0.05, 0.1) is 11.3 Å². The van der Waals surface area contributed by atoms with Gasteiger partial charge in [-0.15, -0.1) is 6.58 Å². The number of para-hydroxylation sites is 1. The Morgan fingerprint density at radius 1 is 1.19 bits per heavy atom. The van der Waals surface area contributed by atoms with Crippen LogP contribution in [-0.2, 0) is 4.79 Å². The number of hydrogen-bond donors (Lipinski definition) is 2. The van der Waals surface area contributed by atoms with E-state index in [9.17, 15) is 9.59 Å². The average molecular weight is 352 g/mol. The molecule has 26 heavy (non-hydrogen) atoms. The number of nitrogens with one attached hydrogen (secondary N) is 2. The number of hydrogen-bond acceptors (Lipinski definition) is 3. The first-order chi connectivity index (χ1) is 12.4. The van der Waals surface area contributed by atoms with Gasteiger partial charge in [0.15, 0.2) is 6.10 Å². The molecule has 2 rings (SSSR count). The molecule has 0 heterocycles. The standard InChI is InChI=1S/C21H24N2O3/c1-5-12-22-21(25)17-8-6-7-9-18(17)23-20(24)16(4)26-19-13-14(2)10-11-15(19)3/h5-11,13,16H,1,12H2,2-4H3,(H,22,25)(H,23,24)/t16-/m1/s1. The van der Waals surface area contributed by atoms with Crippen LogP contribution in [0.3, 0.4) is 0 Å². The molecule has 136 valence electrons. The summed E-state index contributed by atoms with van der Waals surface area (Å²) in [4.78, 5) is 24.7. The van der Waals surface area contributed by atoms with Crippen molar-refractivity contribution in [1.29, 1.82) is 0 Å². The molecule has 0 saturated carbocycles. The maximum Gasteiger partial charge on any atom is 0.265 e. The third-order valence-corrected chi connectivity index (χ3v) is 3.85. The molecule has 5 heteroatoms. The monoisotopic (exact) mass is 352 g/mol. The van der Waals surface area contributed by atoms with Crippen molar-refractivity contribution in [2.75, 3.05) is 11.9 Å². The van der Waals surface area contributed by atoms with Crippen LogP contribution in [0.4, 0.5) is 5.69 Å². The number of anilines is 1. The fourth-order valence-electron chi connectivity index (χ4n) is 2.36. The first kappa shape index (κ1) is 19.2. The molecule has 0 aliphatic heterocycles. The second kappa shape index (κ2) is 8.85. The predicted molar refractivity (Wildman–Crippen MR) is 104 cm³/mol. The van der Waals surface area contributed by atoms with E-state index in [1.807, 2.05) is 32.0 Å². The highest BCUT2D eigenvalue weighted by molar-refractivity contribution is 6.04. The van der Waals surface area contributed by atoms with E-state index in [1.54, 1.807) is 37.3 Å². The van der Waals surface area contributed by atoms with Gasteiger partial charge in [0.25, 0.3) is 11.8 Å². The summed E-state index contributed by atoms with van der Waals surface area (Å²) < 4.78 is 5.80. The summed E-state index contributed by atoms with van der Waals surface area (Å²) in [5, 5.41) is 5.48. The Balaban J connectivity index is 2.10. The third-order valence-electron chi connectivity index (χ3n) is 3.85. The Morgan fingerprint density at radius 2 is 1.92 bits per heavy atom. The third kappa shape index (κ3) is 4.96. The maximum absolute atomic E-state index is 12.5. The lowest BCUT2D eigenvalue weighted by atomic mass is 10.1. The van der Waals surface area contributed by atoms with Crippen LogP contribution in [0, 0.1) is 13.8 Å². The number of ether oxygens (including phenoxy) is 1. The SMILES string of the molecule is C=CCNC(=O)c1ccccc1NC(=O)[C@@H](C)Oc1cc(C)ccc1C. The Morgan fingerprint density at radius 3 is 2.65 bits per heavy atom. The fourth-order valence-corrected chi connectivity index (χ4v) is 2.36. The number of rotatable bonds is 7. The molecule has 0 fully saturated rings. The number of carbonyl (C=O) groups is 2. The zero-order valence-corrected chi connectivity index (χ0v) is 15.3. The van der Waals surface area contributed by atoms with E-state index in [-0.39, 0.29) is 11.8 Å². The summed E-state index contributed by atoms with van der Waals surface area (Å²) in [6.45, 7) is 9.50. The van der Waals surface area contributed by atoms with Crippen molar-refractivity contribution in [1.82, 2.24) is 5.32 Å². The van der Waals surface area contributed by atoms with Crippen LogP contribution in [0.1, 0.15) is 28.4 Å². The second-order valence-electron chi connectivity index (χ2n) is 6.06. The van der Waals surface area contributed by atoms with Gasteiger partial charge in [-0.1, -0.05) is 30.3 Å². The largest absolute Gasteiger partial charge is 0.481 e. The molecule has 0 aromatic heterocycles. The molecule has 0 aliphatic carbocycles. The normalized spacial score (nSPS) is 11.3. The van der Waals surface area contributed by atoms with E-state index in [4.69, 9.17) is 4.74 Å². The Kier molecular flexibility index (Phi) is 6.55. The lowest BCUT2D eigenvalue weighted by molar-refractivity contribution is -0.122. The summed E-state index contributed by atoms with van der Waals surface area (Å²) in [6, 6.07) is 12.7. The highest BCUT2D eigenvalue weighted by Gasteiger charge is 2.19. The molecule has 2 aromatic carbocycles. The number of carbonyl (C=O) groups excluding carboxylic acids is 2. The van der Waals surface area contributed by atoms with Crippen molar-refractivity contribution in [3.05, 3.63) is 71.8 Å². The minimum atomic E-state index is -0.709. The lowest BCUT2D eigenvalue weighted by Gasteiger charge is -2.18. The first-order valence-corrected chi connectivity index (χ1v) is 8.45. The predicted octanol–water partition coefficient (Wildman–Crippen LogP) is 3.63. The fraction of sp³-hybridized carbons (Fsp3) is 0.238. The molecule has 5 nitrogen and oxygen atoms in total. The van der Waals surface area contributed by atoms with Crippen molar-refractivity contribution in [3.63, 3.8) is 0 Å². The lowest BCUT2D eigenvalue weighted by Crippen LogP contribution is -2.32. The average Bonchev–Trinajstić information content (AvgIpc) is 2.63. The second-order valence-corrected chi connectivity index (χ2v) is 6.06. The van der Waals surface area contributed by atoms with Gasteiger partial charge in [0, 0.05) is 6.54 Å². The first-order valence-electron chi connectivity index (χ1n) is 8.45. The molecule has 2 N–H and O–H groups in total. The van der Waals surface area contributed by atoms with E-state index in [2.05, 4.69) is 17.2 Å². The molecule has 0 spiro atoms. The number of aryl methyl sites for hydroxylation is 2. The Hall–Kier alpha value is -3.08. The highest BCUT2D eigenvalue weighted by Crippen LogP contribution is 2.21. The van der Waals surface area contributed by atoms with Crippen LogP contribution in [0.25, 0.3) is 0 Å². The van der Waals surface area contributed by atoms with Gasteiger partial charge < -0.3 is 15.4 Å². The molecule has 2 amide bonds. The molecule has 0 unspecified atom stereocenters. The topological polar surface area (TPSA) is 67.4 Å². The van der Waals surface area contributed by atoms with Crippen molar-refractivity contribution in [2.24, 2.45) is 0 Å². The van der Waals surface area contributed by atoms with Crippen LogP contribution in [0.5, 0.6) is 5.75 Å². The molecular formula is C21H24N2O3. The molecule has 1 atom stereocenters. The van der Waals surface area contributed by atoms with E-state index < -0.39 is 6.10 Å². The molecule has 2 aromatic rings. The van der Waals surface area contributed by atoms with Gasteiger partial charge in [-0.3, -0.25) is 9.59 Å². The molecular weight excluding hydrogens is 328 g/mol. The minimum absolute atomic E-state index is 0.274. The van der Waals surface area contributed by atoms with Crippen LogP contribution < -0.4 is 15.4 Å². The van der Waals surface area contributed by atoms with Gasteiger partial charge in [-0.2, -0.15) is 0 Å². The number of amides is 2. The van der Waals surface area contributed by atoms with Crippen LogP contribution in [0.2, 0.25) is 0 Å². The number of benzene rings is 2. The van der Waals surface area contributed by atoms with Gasteiger partial charge >= 0.3 is 0 Å². The van der Waals surface area contributed by atoms with Gasteiger partial charge in [0.2, 0.25) is 0 Å². The van der Waals surface area contributed by atoms with Crippen LogP contribution in [-0.4, -0.2) is 24.5 Å². The Labute approximate surface area is 154 Å². The Bertz CT molecular complexity index is 815. The summed E-state index contributed by atoms with van der Waals surface area (Å²) in [6.07, 6.45) is 0.888. The molecule has 0 aliphatic rings. The summed E-state index contributed by atoms with van der Waals surface area (Å²) in [5.41, 5.74) is 2.85. The maximum atomic E-state index is 12.5. The van der Waals surface area contributed by atoms with Crippen molar-refractivity contribution in [2.45, 2.75) is 26.9 Å². The van der Waals surface area contributed by atoms with Crippen molar-refractivity contribution in [3.8, 4) is 5.75 Å². The van der Waals surface area contributed by atoms with Crippen LogP contribution >= 0.6 is 0 Å². The van der Waals surface area contributed by atoms with Gasteiger partial charge in [-0.25, -0.2) is 0 Å². The summed E-state index contributed by atoms with van der Waals surface area (Å²) in [5.74, 6) is 0.0726. The quantitative estimate of drug-likeness (QED) is 0.748. The zero-order chi connectivity index (χ0) is 19.1. The summed E-state index contributed by atoms with van der Waals surface area (Å²) in [7, 11) is 0. The van der Waals surface area contributed by atoms with Crippen molar-refractivity contribution < 1.29 is 14.3 Å². The van der Waals surface area contributed by atoms with Gasteiger partial charge in [-0.05, 0) is 50.1 Å². The molecule has 0 radical (unpaired) electrons. The minimum Gasteiger partial charge on any atom is -0.481 e. The summed E-state index contributed by atoms with van der Waals surface area (Å²) >= 11 is 0. The van der Waals surface area contributed by atoms with Gasteiger partial charge in [0.1, 0.15) is 5.75 Å². The van der Waals surface area contributed by atoms with Crippen molar-refractivity contribution >= 4 is 17.5 Å². The van der Waals surface area contributed by atoms with E-state index in [0.29, 0.717) is 23.5 Å². The smallest absolute Gasteiger partial charge is 0.265 e. The highest BCUT2D eigenvalue weighted by atomic mass is 16.5. The molecule has 0 saturated heterocycles. The van der Waals surface area contributed by atoms with E-state index in [0.717, 1.165) is 11.1 Å². The zero-order valence-electron chi connectivity index (χ0n) is 15.3. The van der Waals surface area contributed by atoms with E-state index >= 15 is 0 Å². The van der Waals surface area contributed by atoms with E-state index in [1.165, 1.54) is 0 Å². The molecule has 0 bridgehead atoms.